The standard InChI is InChI=1S/C25H35F3N4O5S/c1-3-20(17-8-10-19(11-9-17)25(26,27)28)29-22(33)21-7-5-13-32(21)23(34)18-6-4-12-30(14-18)38(36,37)31-15-24(2,35)16-31/h8-11,18,20-21,35H,3-7,12-16H2,1-2H3,(H,29,33)/t18-,20?,21+/m0/s1. The Bertz CT molecular complexity index is 1130. The Morgan fingerprint density at radius 3 is 2.32 bits per heavy atom. The zero-order chi connectivity index (χ0) is 27.9. The molecule has 1 aromatic rings. The molecule has 9 nitrogen and oxygen atoms in total. The summed E-state index contributed by atoms with van der Waals surface area (Å²) in [7, 11) is -3.79. The molecule has 0 bridgehead atoms. The van der Waals surface area contributed by atoms with Crippen LogP contribution in [0.15, 0.2) is 24.3 Å². The number of carbonyl (C=O) groups is 2. The van der Waals surface area contributed by atoms with E-state index in [4.69, 9.17) is 0 Å². The van der Waals surface area contributed by atoms with Gasteiger partial charge in [0.05, 0.1) is 23.1 Å². The normalized spacial score (nSPS) is 25.6. The Morgan fingerprint density at radius 1 is 1.11 bits per heavy atom. The van der Waals surface area contributed by atoms with Gasteiger partial charge >= 0.3 is 6.18 Å². The Kier molecular flexibility index (Phi) is 8.14. The fourth-order valence-corrected chi connectivity index (χ4v) is 7.46. The zero-order valence-corrected chi connectivity index (χ0v) is 22.4. The minimum atomic E-state index is -4.45. The minimum absolute atomic E-state index is 0.0103. The molecule has 0 radical (unpaired) electrons. The van der Waals surface area contributed by atoms with E-state index in [0.717, 1.165) is 12.1 Å². The van der Waals surface area contributed by atoms with Gasteiger partial charge in [-0.05, 0) is 56.7 Å². The van der Waals surface area contributed by atoms with Crippen molar-refractivity contribution in [3.05, 3.63) is 35.4 Å². The van der Waals surface area contributed by atoms with Crippen LogP contribution in [0, 0.1) is 5.92 Å². The second-order valence-corrected chi connectivity index (χ2v) is 12.7. The fraction of sp³-hybridized carbons (Fsp3) is 0.680. The van der Waals surface area contributed by atoms with E-state index in [2.05, 4.69) is 5.32 Å². The fourth-order valence-electron chi connectivity index (χ4n) is 5.52. The molecule has 3 atom stereocenters. The maximum atomic E-state index is 13.5. The first-order valence-corrected chi connectivity index (χ1v) is 14.4. The van der Waals surface area contributed by atoms with Crippen molar-refractivity contribution in [2.45, 2.75) is 69.8 Å². The van der Waals surface area contributed by atoms with Crippen molar-refractivity contribution in [3.63, 3.8) is 0 Å². The van der Waals surface area contributed by atoms with Crippen LogP contribution in [-0.2, 0) is 26.0 Å². The van der Waals surface area contributed by atoms with E-state index in [-0.39, 0.29) is 31.4 Å². The van der Waals surface area contributed by atoms with E-state index in [0.29, 0.717) is 50.8 Å². The van der Waals surface area contributed by atoms with Crippen molar-refractivity contribution < 1.29 is 36.3 Å². The average Bonchev–Trinajstić information content (AvgIpc) is 3.35. The number of nitrogens with zero attached hydrogens (tertiary/aromatic N) is 3. The molecular weight excluding hydrogens is 525 g/mol. The first kappa shape index (κ1) is 28.8. The summed E-state index contributed by atoms with van der Waals surface area (Å²) >= 11 is 0. The number of amides is 2. The number of likely N-dealkylation sites (tertiary alicyclic amines) is 1. The highest BCUT2D eigenvalue weighted by Crippen LogP contribution is 2.32. The number of carbonyl (C=O) groups excluding carboxylic acids is 2. The summed E-state index contributed by atoms with van der Waals surface area (Å²) in [6, 6.07) is 3.45. The topological polar surface area (TPSA) is 110 Å². The zero-order valence-electron chi connectivity index (χ0n) is 21.6. The molecule has 1 unspecified atom stereocenters. The Hall–Kier alpha value is -2.22. The van der Waals surface area contributed by atoms with Crippen LogP contribution in [0.3, 0.4) is 0 Å². The van der Waals surface area contributed by atoms with Crippen molar-refractivity contribution in [2.24, 2.45) is 5.92 Å². The van der Waals surface area contributed by atoms with Crippen molar-refractivity contribution >= 4 is 22.0 Å². The van der Waals surface area contributed by atoms with Gasteiger partial charge in [-0.3, -0.25) is 9.59 Å². The molecule has 3 aliphatic heterocycles. The summed E-state index contributed by atoms with van der Waals surface area (Å²) in [5, 5.41) is 12.8. The van der Waals surface area contributed by atoms with Crippen LogP contribution >= 0.6 is 0 Å². The maximum Gasteiger partial charge on any atom is 0.416 e. The predicted octanol–water partition coefficient (Wildman–Crippen LogP) is 2.29. The van der Waals surface area contributed by atoms with E-state index in [9.17, 15) is 36.3 Å². The van der Waals surface area contributed by atoms with Crippen LogP contribution in [0.2, 0.25) is 0 Å². The van der Waals surface area contributed by atoms with Gasteiger partial charge in [-0.15, -0.1) is 0 Å². The molecule has 212 valence electrons. The highest BCUT2D eigenvalue weighted by molar-refractivity contribution is 7.86. The van der Waals surface area contributed by atoms with Crippen molar-refractivity contribution in [2.75, 3.05) is 32.7 Å². The quantitative estimate of drug-likeness (QED) is 0.532. The van der Waals surface area contributed by atoms with Crippen LogP contribution < -0.4 is 5.32 Å². The number of benzene rings is 1. The van der Waals surface area contributed by atoms with Gasteiger partial charge in [0.15, 0.2) is 0 Å². The van der Waals surface area contributed by atoms with Gasteiger partial charge in [0.1, 0.15) is 6.04 Å². The molecule has 2 amide bonds. The molecule has 3 saturated heterocycles. The summed E-state index contributed by atoms with van der Waals surface area (Å²) < 4.78 is 67.2. The summed E-state index contributed by atoms with van der Waals surface area (Å²) in [4.78, 5) is 28.2. The molecule has 3 aliphatic rings. The number of nitrogens with one attached hydrogen (secondary N) is 1. The third kappa shape index (κ3) is 6.00. The Labute approximate surface area is 221 Å². The maximum absolute atomic E-state index is 13.5. The first-order valence-electron chi connectivity index (χ1n) is 13.0. The monoisotopic (exact) mass is 560 g/mol. The van der Waals surface area contributed by atoms with Gasteiger partial charge in [-0.25, -0.2) is 0 Å². The molecule has 38 heavy (non-hydrogen) atoms. The van der Waals surface area contributed by atoms with Gasteiger partial charge in [0.25, 0.3) is 10.2 Å². The lowest BCUT2D eigenvalue weighted by atomic mass is 9.97. The first-order chi connectivity index (χ1) is 17.7. The molecule has 4 rings (SSSR count). The highest BCUT2D eigenvalue weighted by atomic mass is 32.2. The second-order valence-electron chi connectivity index (χ2n) is 10.7. The van der Waals surface area contributed by atoms with Crippen LogP contribution in [0.5, 0.6) is 0 Å². The lowest BCUT2D eigenvalue weighted by Gasteiger charge is -2.46. The number of aliphatic hydroxyl groups is 1. The number of β-amino-alcohol motifs (C(OH)–C–C–N with tert-alkyl or cyclic N) is 1. The molecule has 0 saturated carbocycles. The molecule has 2 N–H and O–H groups in total. The number of alkyl halides is 3. The van der Waals surface area contributed by atoms with Gasteiger partial charge in [-0.1, -0.05) is 19.1 Å². The van der Waals surface area contributed by atoms with Crippen LogP contribution in [0.4, 0.5) is 13.2 Å². The minimum Gasteiger partial charge on any atom is -0.387 e. The predicted molar refractivity (Wildman–Crippen MR) is 133 cm³/mol. The number of hydrogen-bond acceptors (Lipinski definition) is 5. The SMILES string of the molecule is CCC(NC(=O)[C@H]1CCCN1C(=O)[C@H]1CCCN(S(=O)(=O)N2CC(C)(O)C2)C1)c1ccc(C(F)(F)F)cc1. The number of hydrogen-bond donors (Lipinski definition) is 2. The third-order valence-corrected chi connectivity index (χ3v) is 9.52. The Morgan fingerprint density at radius 2 is 1.74 bits per heavy atom. The van der Waals surface area contributed by atoms with Gasteiger partial charge in [0, 0.05) is 32.7 Å². The lowest BCUT2D eigenvalue weighted by molar-refractivity contribution is -0.142. The summed E-state index contributed by atoms with van der Waals surface area (Å²) in [6.45, 7) is 4.10. The van der Waals surface area contributed by atoms with Crippen molar-refractivity contribution in [1.82, 2.24) is 18.8 Å². The third-order valence-electron chi connectivity index (χ3n) is 7.62. The summed E-state index contributed by atoms with van der Waals surface area (Å²) in [5.74, 6) is -1.21. The number of halogens is 3. The van der Waals surface area contributed by atoms with Gasteiger partial charge in [0.2, 0.25) is 11.8 Å². The average molecular weight is 561 g/mol. The van der Waals surface area contributed by atoms with E-state index in [1.165, 1.54) is 25.6 Å². The smallest absolute Gasteiger partial charge is 0.387 e. The molecular formula is C25H35F3N4O5S. The summed E-state index contributed by atoms with van der Waals surface area (Å²) in [6.07, 6.45) is -1.89. The summed E-state index contributed by atoms with van der Waals surface area (Å²) in [5.41, 5.74) is -1.27. The van der Waals surface area contributed by atoms with Crippen LogP contribution in [0.25, 0.3) is 0 Å². The van der Waals surface area contributed by atoms with Crippen molar-refractivity contribution in [3.8, 4) is 0 Å². The molecule has 0 aromatic heterocycles. The van der Waals surface area contributed by atoms with Gasteiger partial charge in [-0.2, -0.15) is 30.2 Å². The molecule has 1 aromatic carbocycles. The highest BCUT2D eigenvalue weighted by Gasteiger charge is 2.47. The van der Waals surface area contributed by atoms with E-state index < -0.39 is 45.6 Å². The van der Waals surface area contributed by atoms with Crippen LogP contribution in [-0.4, -0.2) is 83.2 Å². The van der Waals surface area contributed by atoms with E-state index in [1.807, 2.05) is 6.92 Å². The van der Waals surface area contributed by atoms with Gasteiger partial charge < -0.3 is 15.3 Å². The lowest BCUT2D eigenvalue weighted by Crippen LogP contribution is -2.65. The van der Waals surface area contributed by atoms with Crippen LogP contribution in [0.1, 0.15) is 63.1 Å². The Balaban J connectivity index is 1.40. The molecule has 0 spiro atoms. The molecule has 3 fully saturated rings. The molecule has 3 heterocycles. The van der Waals surface area contributed by atoms with E-state index >= 15 is 0 Å². The van der Waals surface area contributed by atoms with E-state index in [1.54, 1.807) is 6.92 Å². The van der Waals surface area contributed by atoms with Crippen molar-refractivity contribution in [1.29, 1.82) is 0 Å². The number of piperidine rings is 1. The number of rotatable bonds is 7. The largest absolute Gasteiger partial charge is 0.416 e. The second kappa shape index (κ2) is 10.7. The molecule has 13 heteroatoms. The molecule has 0 aliphatic carbocycles.